The third-order valence-electron chi connectivity index (χ3n) is 4.11. The van der Waals surface area contributed by atoms with Gasteiger partial charge in [0.1, 0.15) is 6.04 Å². The van der Waals surface area contributed by atoms with Crippen molar-refractivity contribution in [3.8, 4) is 0 Å². The molecule has 0 rings (SSSR count). The molecular formula is C19H37N5O6. The van der Waals surface area contributed by atoms with Crippen molar-refractivity contribution in [1.82, 2.24) is 10.6 Å². The maximum absolute atomic E-state index is 12.9. The highest BCUT2D eigenvalue weighted by Gasteiger charge is 2.30. The van der Waals surface area contributed by atoms with Crippen molar-refractivity contribution in [3.63, 3.8) is 0 Å². The van der Waals surface area contributed by atoms with E-state index in [2.05, 4.69) is 10.6 Å². The first-order valence-corrected chi connectivity index (χ1v) is 10.2. The van der Waals surface area contributed by atoms with Crippen LogP contribution in [0.1, 0.15) is 53.4 Å². The van der Waals surface area contributed by atoms with Crippen LogP contribution in [-0.2, 0) is 28.7 Å². The van der Waals surface area contributed by atoms with Crippen molar-refractivity contribution < 1.29 is 28.7 Å². The van der Waals surface area contributed by atoms with Crippen molar-refractivity contribution in [2.45, 2.75) is 77.8 Å². The van der Waals surface area contributed by atoms with Gasteiger partial charge in [-0.25, -0.2) is 0 Å². The molecule has 0 bridgehead atoms. The second kappa shape index (κ2) is 14.7. The third kappa shape index (κ3) is 11.7. The lowest BCUT2D eigenvalue weighted by Crippen LogP contribution is -2.56. The molecule has 0 aromatic carbocycles. The Morgan fingerprint density at radius 3 is 1.90 bits per heavy atom. The summed E-state index contributed by atoms with van der Waals surface area (Å²) < 4.78 is 11.2. The van der Waals surface area contributed by atoms with Crippen LogP contribution in [0.25, 0.3) is 0 Å². The topological polar surface area (TPSA) is 189 Å². The Balaban J connectivity index is 5.41. The zero-order valence-electron chi connectivity index (χ0n) is 18.3. The molecule has 0 aromatic rings. The maximum Gasteiger partial charge on any atom is 0.242 e. The smallest absolute Gasteiger partial charge is 0.242 e. The number of hydrogen-bond acceptors (Lipinski definition) is 7. The Bertz CT molecular complexity index is 566. The van der Waals surface area contributed by atoms with Crippen molar-refractivity contribution in [2.24, 2.45) is 23.1 Å². The van der Waals surface area contributed by atoms with Crippen molar-refractivity contribution >= 4 is 23.6 Å². The molecule has 0 aliphatic heterocycles. The first kappa shape index (κ1) is 27.8. The SMILES string of the molecule is CCOC(OCC)[C@H](CC(C)C)NC(=O)[C@H](CCC(N)=O)NC(=O)[C@@H](N)CC(N)=O. The number of nitrogens with two attached hydrogens (primary N) is 3. The van der Waals surface area contributed by atoms with Gasteiger partial charge in [-0.15, -0.1) is 0 Å². The fourth-order valence-electron chi connectivity index (χ4n) is 2.78. The molecule has 0 saturated heterocycles. The van der Waals surface area contributed by atoms with E-state index in [1.54, 1.807) is 0 Å². The second-order valence-corrected chi connectivity index (χ2v) is 7.37. The van der Waals surface area contributed by atoms with E-state index in [4.69, 9.17) is 26.7 Å². The van der Waals surface area contributed by atoms with E-state index >= 15 is 0 Å². The van der Waals surface area contributed by atoms with E-state index in [9.17, 15) is 19.2 Å². The van der Waals surface area contributed by atoms with Gasteiger partial charge in [0.05, 0.1) is 18.5 Å². The van der Waals surface area contributed by atoms with Gasteiger partial charge in [0.2, 0.25) is 23.6 Å². The fourth-order valence-corrected chi connectivity index (χ4v) is 2.78. The van der Waals surface area contributed by atoms with Crippen LogP contribution in [0, 0.1) is 5.92 Å². The van der Waals surface area contributed by atoms with Gasteiger partial charge in [-0.3, -0.25) is 19.2 Å². The number of carbonyl (C=O) groups is 4. The Morgan fingerprint density at radius 1 is 0.900 bits per heavy atom. The summed E-state index contributed by atoms with van der Waals surface area (Å²) in [6, 6.07) is -2.77. The lowest BCUT2D eigenvalue weighted by molar-refractivity contribution is -0.161. The highest BCUT2D eigenvalue weighted by molar-refractivity contribution is 5.92. The summed E-state index contributed by atoms with van der Waals surface area (Å²) in [7, 11) is 0. The lowest BCUT2D eigenvalue weighted by atomic mass is 10.0. The van der Waals surface area contributed by atoms with Crippen LogP contribution >= 0.6 is 0 Å². The number of primary amides is 2. The van der Waals surface area contributed by atoms with Crippen LogP contribution in [0.5, 0.6) is 0 Å². The molecular weight excluding hydrogens is 394 g/mol. The van der Waals surface area contributed by atoms with Gasteiger partial charge >= 0.3 is 0 Å². The zero-order chi connectivity index (χ0) is 23.3. The average Bonchev–Trinajstić information content (AvgIpc) is 2.62. The van der Waals surface area contributed by atoms with Crippen LogP contribution in [0.15, 0.2) is 0 Å². The molecule has 0 unspecified atom stereocenters. The molecule has 0 fully saturated rings. The van der Waals surface area contributed by atoms with Gasteiger partial charge in [-0.2, -0.15) is 0 Å². The Morgan fingerprint density at radius 2 is 1.47 bits per heavy atom. The highest BCUT2D eigenvalue weighted by atomic mass is 16.7. The molecule has 0 aromatic heterocycles. The molecule has 11 heteroatoms. The summed E-state index contributed by atoms with van der Waals surface area (Å²) in [5.41, 5.74) is 15.9. The van der Waals surface area contributed by atoms with E-state index in [1.165, 1.54) is 0 Å². The summed E-state index contributed by atoms with van der Waals surface area (Å²) in [6.07, 6.45) is -0.635. The van der Waals surface area contributed by atoms with Crippen LogP contribution in [0.4, 0.5) is 0 Å². The minimum atomic E-state index is -1.21. The van der Waals surface area contributed by atoms with Crippen LogP contribution in [0.3, 0.4) is 0 Å². The van der Waals surface area contributed by atoms with Crippen molar-refractivity contribution in [1.29, 1.82) is 0 Å². The van der Waals surface area contributed by atoms with Gasteiger partial charge in [-0.1, -0.05) is 13.8 Å². The van der Waals surface area contributed by atoms with Crippen molar-refractivity contribution in [3.05, 3.63) is 0 Å². The number of rotatable bonds is 16. The summed E-state index contributed by atoms with van der Waals surface area (Å²) >= 11 is 0. The molecule has 0 radical (unpaired) electrons. The van der Waals surface area contributed by atoms with Crippen LogP contribution < -0.4 is 27.8 Å². The quantitative estimate of drug-likeness (QED) is 0.191. The molecule has 0 heterocycles. The van der Waals surface area contributed by atoms with Gasteiger partial charge in [0, 0.05) is 19.6 Å². The zero-order valence-corrected chi connectivity index (χ0v) is 18.3. The van der Waals surface area contributed by atoms with Gasteiger partial charge in [0.15, 0.2) is 6.29 Å². The summed E-state index contributed by atoms with van der Waals surface area (Å²) in [5, 5.41) is 5.30. The molecule has 3 atom stereocenters. The molecule has 0 saturated carbocycles. The van der Waals surface area contributed by atoms with Gasteiger partial charge in [-0.05, 0) is 32.6 Å². The predicted molar refractivity (Wildman–Crippen MR) is 111 cm³/mol. The molecule has 0 spiro atoms. The molecule has 11 nitrogen and oxygen atoms in total. The second-order valence-electron chi connectivity index (χ2n) is 7.37. The lowest BCUT2D eigenvalue weighted by Gasteiger charge is -2.30. The molecule has 0 aliphatic carbocycles. The Labute approximate surface area is 177 Å². The van der Waals surface area contributed by atoms with Crippen LogP contribution in [-0.4, -0.2) is 61.3 Å². The van der Waals surface area contributed by atoms with E-state index < -0.39 is 48.0 Å². The highest BCUT2D eigenvalue weighted by Crippen LogP contribution is 2.13. The first-order chi connectivity index (χ1) is 14.0. The number of carbonyl (C=O) groups excluding carboxylic acids is 4. The summed E-state index contributed by atoms with van der Waals surface area (Å²) in [5.74, 6) is -2.41. The molecule has 174 valence electrons. The normalized spacial score (nSPS) is 14.2. The first-order valence-electron chi connectivity index (χ1n) is 10.2. The predicted octanol–water partition coefficient (Wildman–Crippen LogP) is -1.13. The summed E-state index contributed by atoms with van der Waals surface area (Å²) in [6.45, 7) is 8.39. The monoisotopic (exact) mass is 431 g/mol. The Hall–Kier alpha value is -2.24. The van der Waals surface area contributed by atoms with Crippen LogP contribution in [0.2, 0.25) is 0 Å². The standard InChI is InChI=1S/C19H37N5O6/c1-5-29-19(30-6-2)14(9-11(3)4)24-18(28)13(7-8-15(21)25)23-17(27)12(20)10-16(22)26/h11-14,19H,5-10,20H2,1-4H3,(H2,21,25)(H2,22,26)(H,23,27)(H,24,28)/t12-,13-,14-/m0/s1. The van der Waals surface area contributed by atoms with E-state index in [0.29, 0.717) is 19.6 Å². The van der Waals surface area contributed by atoms with Crippen molar-refractivity contribution in [2.75, 3.05) is 13.2 Å². The number of ether oxygens (including phenoxy) is 2. The minimum absolute atomic E-state index is 0.0292. The van der Waals surface area contributed by atoms with E-state index in [-0.39, 0.29) is 25.2 Å². The molecule has 8 N–H and O–H groups in total. The maximum atomic E-state index is 12.9. The number of hydrogen-bond donors (Lipinski definition) is 5. The van der Waals surface area contributed by atoms with Gasteiger partial charge in [0.25, 0.3) is 0 Å². The minimum Gasteiger partial charge on any atom is -0.370 e. The molecule has 0 aliphatic rings. The number of amides is 4. The average molecular weight is 432 g/mol. The summed E-state index contributed by atoms with van der Waals surface area (Å²) in [4.78, 5) is 47.3. The fraction of sp³-hybridized carbons (Fsp3) is 0.789. The Kier molecular flexibility index (Phi) is 13.6. The molecule has 4 amide bonds. The third-order valence-corrected chi connectivity index (χ3v) is 4.11. The van der Waals surface area contributed by atoms with E-state index in [0.717, 1.165) is 0 Å². The molecule has 30 heavy (non-hydrogen) atoms. The van der Waals surface area contributed by atoms with Gasteiger partial charge < -0.3 is 37.3 Å². The largest absolute Gasteiger partial charge is 0.370 e. The van der Waals surface area contributed by atoms with E-state index in [1.807, 2.05) is 27.7 Å². The number of nitrogens with one attached hydrogen (secondary N) is 2.